The van der Waals surface area contributed by atoms with Crippen molar-refractivity contribution in [3.05, 3.63) is 16.1 Å². The largest absolute Gasteiger partial charge is 0.396 e. The SMILES string of the molecule is Cc1nc(CC(=O)N2CCOC3C[C@H](CO)C[C@@H]32)cs1. The van der Waals surface area contributed by atoms with E-state index in [2.05, 4.69) is 4.98 Å². The van der Waals surface area contributed by atoms with E-state index in [9.17, 15) is 9.90 Å². The summed E-state index contributed by atoms with van der Waals surface area (Å²) in [5, 5.41) is 12.3. The van der Waals surface area contributed by atoms with Crippen LogP contribution in [0.1, 0.15) is 23.5 Å². The lowest BCUT2D eigenvalue weighted by Crippen LogP contribution is -2.51. The summed E-state index contributed by atoms with van der Waals surface area (Å²) in [6.45, 7) is 3.39. The standard InChI is InChI=1S/C14H20N2O3S/c1-9-15-11(8-20-9)6-14(18)16-2-3-19-13-5-10(7-17)4-12(13)16/h8,10,12-13,17H,2-7H2,1H3/t10-,12+,13?/m1/s1. The number of carbonyl (C=O) groups excluding carboxylic acids is 1. The van der Waals surface area contributed by atoms with Crippen LogP contribution in [0.25, 0.3) is 0 Å². The molecule has 1 aliphatic heterocycles. The number of aryl methyl sites for hydroxylation is 1. The number of hydrogen-bond donors (Lipinski definition) is 1. The third-order valence-corrected chi connectivity index (χ3v) is 5.03. The molecule has 0 radical (unpaired) electrons. The Balaban J connectivity index is 1.67. The Bertz CT molecular complexity index is 491. The predicted octanol–water partition coefficient (Wildman–Crippen LogP) is 0.992. The van der Waals surface area contributed by atoms with Gasteiger partial charge < -0.3 is 14.7 Å². The average molecular weight is 296 g/mol. The fourth-order valence-electron chi connectivity index (χ4n) is 3.26. The van der Waals surface area contributed by atoms with Gasteiger partial charge in [0.1, 0.15) is 0 Å². The summed E-state index contributed by atoms with van der Waals surface area (Å²) < 4.78 is 5.75. The molecule has 6 heteroatoms. The maximum atomic E-state index is 12.5. The summed E-state index contributed by atoms with van der Waals surface area (Å²) in [6.07, 6.45) is 2.18. The summed E-state index contributed by atoms with van der Waals surface area (Å²) >= 11 is 1.58. The molecule has 0 bridgehead atoms. The van der Waals surface area contributed by atoms with E-state index >= 15 is 0 Å². The lowest BCUT2D eigenvalue weighted by atomic mass is 10.1. The topological polar surface area (TPSA) is 62.7 Å². The fourth-order valence-corrected chi connectivity index (χ4v) is 3.87. The molecular formula is C14H20N2O3S. The summed E-state index contributed by atoms with van der Waals surface area (Å²) in [5.41, 5.74) is 0.859. The highest BCUT2D eigenvalue weighted by Gasteiger charge is 2.42. The number of carbonyl (C=O) groups is 1. The number of nitrogens with zero attached hydrogens (tertiary/aromatic N) is 2. The van der Waals surface area contributed by atoms with Crippen molar-refractivity contribution < 1.29 is 14.6 Å². The molecule has 2 heterocycles. The van der Waals surface area contributed by atoms with Crippen molar-refractivity contribution in [2.45, 2.75) is 38.3 Å². The molecule has 1 saturated carbocycles. The number of amides is 1. The Hall–Kier alpha value is -0.980. The van der Waals surface area contributed by atoms with Gasteiger partial charge in [-0.05, 0) is 25.7 Å². The molecule has 1 amide bonds. The monoisotopic (exact) mass is 296 g/mol. The van der Waals surface area contributed by atoms with Crippen molar-refractivity contribution in [3.8, 4) is 0 Å². The highest BCUT2D eigenvalue weighted by Crippen LogP contribution is 2.34. The van der Waals surface area contributed by atoms with Crippen LogP contribution in [0.3, 0.4) is 0 Å². The Morgan fingerprint density at radius 2 is 2.45 bits per heavy atom. The summed E-state index contributed by atoms with van der Waals surface area (Å²) in [4.78, 5) is 18.8. The van der Waals surface area contributed by atoms with E-state index in [1.807, 2.05) is 17.2 Å². The molecule has 1 unspecified atom stereocenters. The molecule has 110 valence electrons. The molecule has 20 heavy (non-hydrogen) atoms. The van der Waals surface area contributed by atoms with Crippen LogP contribution in [0.2, 0.25) is 0 Å². The van der Waals surface area contributed by atoms with E-state index < -0.39 is 0 Å². The number of aliphatic hydroxyl groups is 1. The van der Waals surface area contributed by atoms with Crippen LogP contribution in [-0.4, -0.2) is 52.8 Å². The maximum Gasteiger partial charge on any atom is 0.229 e. The molecule has 0 aromatic carbocycles. The molecule has 3 atom stereocenters. The smallest absolute Gasteiger partial charge is 0.229 e. The third-order valence-electron chi connectivity index (χ3n) is 4.21. The van der Waals surface area contributed by atoms with Crippen molar-refractivity contribution in [1.29, 1.82) is 0 Å². The zero-order valence-electron chi connectivity index (χ0n) is 11.6. The number of aromatic nitrogens is 1. The van der Waals surface area contributed by atoms with Crippen LogP contribution in [-0.2, 0) is 16.0 Å². The van der Waals surface area contributed by atoms with Gasteiger partial charge in [-0.2, -0.15) is 0 Å². The lowest BCUT2D eigenvalue weighted by molar-refractivity contribution is -0.143. The number of fused-ring (bicyclic) bond motifs is 1. The summed E-state index contributed by atoms with van der Waals surface area (Å²) in [6, 6.07) is 0.133. The van der Waals surface area contributed by atoms with Crippen LogP contribution in [0.4, 0.5) is 0 Å². The summed E-state index contributed by atoms with van der Waals surface area (Å²) in [7, 11) is 0. The van der Waals surface area contributed by atoms with E-state index in [0.717, 1.165) is 23.5 Å². The lowest BCUT2D eigenvalue weighted by Gasteiger charge is -2.37. The van der Waals surface area contributed by atoms with E-state index in [1.54, 1.807) is 11.3 Å². The molecule has 1 aromatic heterocycles. The molecule has 0 spiro atoms. The first-order chi connectivity index (χ1) is 9.67. The molecule has 2 aliphatic rings. The maximum absolute atomic E-state index is 12.5. The van der Waals surface area contributed by atoms with E-state index in [0.29, 0.717) is 19.6 Å². The number of aliphatic hydroxyl groups excluding tert-OH is 1. The second kappa shape index (κ2) is 5.79. The van der Waals surface area contributed by atoms with Gasteiger partial charge >= 0.3 is 0 Å². The van der Waals surface area contributed by atoms with Crippen LogP contribution in [0, 0.1) is 12.8 Å². The van der Waals surface area contributed by atoms with Gasteiger partial charge in [0.25, 0.3) is 0 Å². The van der Waals surface area contributed by atoms with Crippen LogP contribution >= 0.6 is 11.3 Å². The second-order valence-electron chi connectivity index (χ2n) is 5.62. The first-order valence-corrected chi connectivity index (χ1v) is 7.98. The Morgan fingerprint density at radius 3 is 3.15 bits per heavy atom. The van der Waals surface area contributed by atoms with Gasteiger partial charge in [-0.3, -0.25) is 4.79 Å². The van der Waals surface area contributed by atoms with Crippen molar-refractivity contribution in [3.63, 3.8) is 0 Å². The van der Waals surface area contributed by atoms with Crippen LogP contribution in [0.5, 0.6) is 0 Å². The zero-order chi connectivity index (χ0) is 14.1. The van der Waals surface area contributed by atoms with Gasteiger partial charge in [0.15, 0.2) is 0 Å². The van der Waals surface area contributed by atoms with Crippen molar-refractivity contribution >= 4 is 17.2 Å². The van der Waals surface area contributed by atoms with Gasteiger partial charge in [0.05, 0.1) is 35.9 Å². The molecule has 3 rings (SSSR count). The third kappa shape index (κ3) is 2.73. The highest BCUT2D eigenvalue weighted by atomic mass is 32.1. The minimum atomic E-state index is 0.0991. The van der Waals surface area contributed by atoms with Gasteiger partial charge in [-0.1, -0.05) is 0 Å². The normalized spacial score (nSPS) is 29.5. The Morgan fingerprint density at radius 1 is 1.60 bits per heavy atom. The van der Waals surface area contributed by atoms with Crippen molar-refractivity contribution in [2.75, 3.05) is 19.8 Å². The first-order valence-electron chi connectivity index (χ1n) is 7.10. The predicted molar refractivity (Wildman–Crippen MR) is 75.6 cm³/mol. The van der Waals surface area contributed by atoms with Gasteiger partial charge in [0.2, 0.25) is 5.91 Å². The number of hydrogen-bond acceptors (Lipinski definition) is 5. The van der Waals surface area contributed by atoms with Gasteiger partial charge in [0, 0.05) is 18.5 Å². The van der Waals surface area contributed by atoms with Crippen LogP contribution in [0.15, 0.2) is 5.38 Å². The Kier molecular flexibility index (Phi) is 4.05. The minimum absolute atomic E-state index is 0.0991. The number of ether oxygens (including phenoxy) is 1. The quantitative estimate of drug-likeness (QED) is 0.903. The second-order valence-corrected chi connectivity index (χ2v) is 6.68. The van der Waals surface area contributed by atoms with Crippen molar-refractivity contribution in [1.82, 2.24) is 9.88 Å². The minimum Gasteiger partial charge on any atom is -0.396 e. The van der Waals surface area contributed by atoms with Gasteiger partial charge in [-0.25, -0.2) is 4.98 Å². The molecule has 2 fully saturated rings. The molecule has 1 aliphatic carbocycles. The fraction of sp³-hybridized carbons (Fsp3) is 0.714. The first kappa shape index (κ1) is 14.0. The van der Waals surface area contributed by atoms with Gasteiger partial charge in [-0.15, -0.1) is 11.3 Å². The molecule has 1 N–H and O–H groups in total. The number of rotatable bonds is 3. The molecule has 1 aromatic rings. The Labute approximate surface area is 122 Å². The van der Waals surface area contributed by atoms with Crippen molar-refractivity contribution in [2.24, 2.45) is 5.92 Å². The molecule has 5 nitrogen and oxygen atoms in total. The highest BCUT2D eigenvalue weighted by molar-refractivity contribution is 7.09. The molecular weight excluding hydrogens is 276 g/mol. The van der Waals surface area contributed by atoms with E-state index in [-0.39, 0.29) is 30.6 Å². The summed E-state index contributed by atoms with van der Waals surface area (Å²) in [5.74, 6) is 0.395. The number of thiazole rings is 1. The van der Waals surface area contributed by atoms with E-state index in [4.69, 9.17) is 4.74 Å². The molecule has 1 saturated heterocycles. The zero-order valence-corrected chi connectivity index (χ0v) is 12.4. The number of morpholine rings is 1. The van der Waals surface area contributed by atoms with E-state index in [1.165, 1.54) is 0 Å². The van der Waals surface area contributed by atoms with Crippen LogP contribution < -0.4 is 0 Å². The average Bonchev–Trinajstić information content (AvgIpc) is 3.03.